The highest BCUT2D eigenvalue weighted by molar-refractivity contribution is 9.10. The van der Waals surface area contributed by atoms with E-state index in [2.05, 4.69) is 27.3 Å². The molecule has 106 valence electrons. The number of methoxy groups -OCH3 is 1. The van der Waals surface area contributed by atoms with Gasteiger partial charge in [0, 0.05) is 23.8 Å². The van der Waals surface area contributed by atoms with Gasteiger partial charge in [-0.15, -0.1) is 0 Å². The predicted molar refractivity (Wildman–Crippen MR) is 81.6 cm³/mol. The molecule has 1 aromatic rings. The van der Waals surface area contributed by atoms with E-state index in [-0.39, 0.29) is 0 Å². The fraction of sp³-hybridized carbons (Fsp3) is 0.600. The second-order valence-electron chi connectivity index (χ2n) is 4.92. The lowest BCUT2D eigenvalue weighted by Gasteiger charge is -2.28. The van der Waals surface area contributed by atoms with Crippen LogP contribution in [0.25, 0.3) is 0 Å². The maximum atomic E-state index is 5.92. The van der Waals surface area contributed by atoms with E-state index in [1.165, 1.54) is 12.8 Å². The predicted octanol–water partition coefficient (Wildman–Crippen LogP) is 3.84. The maximum Gasteiger partial charge on any atom is 0.0642 e. The standard InChI is InChI=1S/C15H22BrNO2/c1-18-12-5-4-6-13(11-12)19-10-9-17-15-8-3-2-7-14(15)16/h2-3,7-8,12-13,17H,4-6,9-11H2,1H3. The number of benzene rings is 1. The Morgan fingerprint density at radius 1 is 1.26 bits per heavy atom. The van der Waals surface area contributed by atoms with Crippen LogP contribution in [-0.4, -0.2) is 32.5 Å². The molecule has 0 radical (unpaired) electrons. The van der Waals surface area contributed by atoms with Crippen LogP contribution in [0, 0.1) is 0 Å². The van der Waals surface area contributed by atoms with Gasteiger partial charge in [-0.2, -0.15) is 0 Å². The molecule has 19 heavy (non-hydrogen) atoms. The summed E-state index contributed by atoms with van der Waals surface area (Å²) in [6.45, 7) is 1.57. The van der Waals surface area contributed by atoms with Crippen molar-refractivity contribution in [3.8, 4) is 0 Å². The highest BCUT2D eigenvalue weighted by Crippen LogP contribution is 2.23. The molecule has 0 saturated heterocycles. The van der Waals surface area contributed by atoms with E-state index in [0.717, 1.165) is 36.2 Å². The number of anilines is 1. The van der Waals surface area contributed by atoms with Crippen LogP contribution in [0.3, 0.4) is 0 Å². The Hall–Kier alpha value is -0.580. The lowest BCUT2D eigenvalue weighted by molar-refractivity contribution is -0.0261. The van der Waals surface area contributed by atoms with E-state index in [1.807, 2.05) is 18.2 Å². The van der Waals surface area contributed by atoms with Crippen molar-refractivity contribution in [2.24, 2.45) is 0 Å². The van der Waals surface area contributed by atoms with Crippen LogP contribution in [0.15, 0.2) is 28.7 Å². The molecule has 0 aliphatic heterocycles. The van der Waals surface area contributed by atoms with Crippen LogP contribution < -0.4 is 5.32 Å². The third-order valence-corrected chi connectivity index (χ3v) is 4.25. The molecule has 0 bridgehead atoms. The zero-order chi connectivity index (χ0) is 13.5. The Morgan fingerprint density at radius 3 is 2.84 bits per heavy atom. The van der Waals surface area contributed by atoms with Crippen LogP contribution in [-0.2, 0) is 9.47 Å². The summed E-state index contributed by atoms with van der Waals surface area (Å²) in [6, 6.07) is 8.14. The van der Waals surface area contributed by atoms with Gasteiger partial charge in [-0.25, -0.2) is 0 Å². The SMILES string of the molecule is COC1CCCC(OCCNc2ccccc2Br)C1. The molecule has 1 N–H and O–H groups in total. The largest absolute Gasteiger partial charge is 0.382 e. The van der Waals surface area contributed by atoms with Crippen molar-refractivity contribution >= 4 is 21.6 Å². The summed E-state index contributed by atoms with van der Waals surface area (Å²) in [5.41, 5.74) is 1.12. The van der Waals surface area contributed by atoms with Gasteiger partial charge in [0.2, 0.25) is 0 Å². The van der Waals surface area contributed by atoms with Crippen LogP contribution in [0.5, 0.6) is 0 Å². The van der Waals surface area contributed by atoms with Crippen molar-refractivity contribution in [3.63, 3.8) is 0 Å². The first-order valence-electron chi connectivity index (χ1n) is 6.92. The number of hydrogen-bond acceptors (Lipinski definition) is 3. The molecule has 2 atom stereocenters. The zero-order valence-electron chi connectivity index (χ0n) is 11.4. The van der Waals surface area contributed by atoms with Crippen molar-refractivity contribution in [3.05, 3.63) is 28.7 Å². The van der Waals surface area contributed by atoms with Gasteiger partial charge in [0.05, 0.1) is 18.8 Å². The molecule has 4 heteroatoms. The summed E-state index contributed by atoms with van der Waals surface area (Å²) in [7, 11) is 1.79. The molecule has 2 unspecified atom stereocenters. The van der Waals surface area contributed by atoms with Crippen LogP contribution >= 0.6 is 15.9 Å². The Morgan fingerprint density at radius 2 is 2.05 bits per heavy atom. The first-order valence-corrected chi connectivity index (χ1v) is 7.71. The molecular weight excluding hydrogens is 306 g/mol. The molecule has 0 amide bonds. The molecule has 1 fully saturated rings. The van der Waals surface area contributed by atoms with Crippen LogP contribution in [0.4, 0.5) is 5.69 Å². The molecule has 0 heterocycles. The summed E-state index contributed by atoms with van der Waals surface area (Å²) in [4.78, 5) is 0. The van der Waals surface area contributed by atoms with Gasteiger partial charge in [0.1, 0.15) is 0 Å². The second-order valence-corrected chi connectivity index (χ2v) is 5.78. The molecule has 1 aliphatic carbocycles. The van der Waals surface area contributed by atoms with Gasteiger partial charge in [-0.1, -0.05) is 12.1 Å². The first-order chi connectivity index (χ1) is 9.29. The molecule has 1 aromatic carbocycles. The minimum atomic E-state index is 0.361. The smallest absolute Gasteiger partial charge is 0.0642 e. The number of para-hydroxylation sites is 1. The third kappa shape index (κ3) is 4.79. The summed E-state index contributed by atoms with van der Waals surface area (Å²) >= 11 is 3.52. The van der Waals surface area contributed by atoms with Gasteiger partial charge < -0.3 is 14.8 Å². The number of rotatable bonds is 6. The van der Waals surface area contributed by atoms with Gasteiger partial charge in [-0.3, -0.25) is 0 Å². The third-order valence-electron chi connectivity index (χ3n) is 3.56. The lowest BCUT2D eigenvalue weighted by atomic mass is 9.95. The van der Waals surface area contributed by atoms with E-state index in [1.54, 1.807) is 7.11 Å². The van der Waals surface area contributed by atoms with Crippen molar-refractivity contribution in [1.82, 2.24) is 0 Å². The first kappa shape index (κ1) is 14.8. The quantitative estimate of drug-likeness (QED) is 0.805. The van der Waals surface area contributed by atoms with Gasteiger partial charge in [0.15, 0.2) is 0 Å². The number of ether oxygens (including phenoxy) is 2. The van der Waals surface area contributed by atoms with E-state index in [0.29, 0.717) is 12.2 Å². The van der Waals surface area contributed by atoms with Crippen LogP contribution in [0.1, 0.15) is 25.7 Å². The Bertz CT molecular complexity index is 386. The van der Waals surface area contributed by atoms with E-state index in [4.69, 9.17) is 9.47 Å². The molecule has 2 rings (SSSR count). The van der Waals surface area contributed by atoms with Crippen molar-refractivity contribution < 1.29 is 9.47 Å². The summed E-state index contributed by atoms with van der Waals surface area (Å²) in [6.07, 6.45) is 5.32. The number of halogens is 1. The molecule has 0 spiro atoms. The normalized spacial score (nSPS) is 23.3. The molecule has 0 aromatic heterocycles. The van der Waals surface area contributed by atoms with E-state index >= 15 is 0 Å². The van der Waals surface area contributed by atoms with Gasteiger partial charge in [-0.05, 0) is 53.7 Å². The van der Waals surface area contributed by atoms with Crippen LogP contribution in [0.2, 0.25) is 0 Å². The maximum absolute atomic E-state index is 5.92. The van der Waals surface area contributed by atoms with Gasteiger partial charge >= 0.3 is 0 Å². The average molecular weight is 328 g/mol. The topological polar surface area (TPSA) is 30.5 Å². The van der Waals surface area contributed by atoms with Gasteiger partial charge in [0.25, 0.3) is 0 Å². The van der Waals surface area contributed by atoms with E-state index < -0.39 is 0 Å². The Labute approximate surface area is 123 Å². The minimum Gasteiger partial charge on any atom is -0.382 e. The molecular formula is C15H22BrNO2. The lowest BCUT2D eigenvalue weighted by Crippen LogP contribution is -2.28. The minimum absolute atomic E-state index is 0.361. The van der Waals surface area contributed by atoms with Crippen molar-refractivity contribution in [1.29, 1.82) is 0 Å². The fourth-order valence-electron chi connectivity index (χ4n) is 2.48. The fourth-order valence-corrected chi connectivity index (χ4v) is 2.91. The Kier molecular flexibility index (Phi) is 6.14. The Balaban J connectivity index is 1.65. The zero-order valence-corrected chi connectivity index (χ0v) is 13.0. The highest BCUT2D eigenvalue weighted by Gasteiger charge is 2.21. The molecule has 1 saturated carbocycles. The van der Waals surface area contributed by atoms with Crippen molar-refractivity contribution in [2.75, 3.05) is 25.6 Å². The monoisotopic (exact) mass is 327 g/mol. The highest BCUT2D eigenvalue weighted by atomic mass is 79.9. The van der Waals surface area contributed by atoms with Crippen molar-refractivity contribution in [2.45, 2.75) is 37.9 Å². The summed E-state index contributed by atoms with van der Waals surface area (Å²) in [5, 5.41) is 3.37. The summed E-state index contributed by atoms with van der Waals surface area (Å²) in [5.74, 6) is 0. The van der Waals surface area contributed by atoms with E-state index in [9.17, 15) is 0 Å². The second kappa shape index (κ2) is 7.88. The number of nitrogens with one attached hydrogen (secondary N) is 1. The summed E-state index contributed by atoms with van der Waals surface area (Å²) < 4.78 is 12.4. The average Bonchev–Trinajstić information content (AvgIpc) is 2.45. The number of hydrogen-bond donors (Lipinski definition) is 1. The molecule has 3 nitrogen and oxygen atoms in total. The molecule has 1 aliphatic rings.